The average molecular weight is 352 g/mol. The third kappa shape index (κ3) is 5.60. The van der Waals surface area contributed by atoms with Gasteiger partial charge < -0.3 is 14.8 Å². The van der Waals surface area contributed by atoms with Crippen molar-refractivity contribution in [1.29, 1.82) is 5.26 Å². The van der Waals surface area contributed by atoms with Crippen LogP contribution in [0, 0.1) is 11.3 Å². The number of ether oxygens (including phenoxy) is 2. The molecule has 1 amide bonds. The summed E-state index contributed by atoms with van der Waals surface area (Å²) >= 11 is 0. The van der Waals surface area contributed by atoms with Gasteiger partial charge in [-0.05, 0) is 31.5 Å². The highest BCUT2D eigenvalue weighted by molar-refractivity contribution is 7.91. The van der Waals surface area contributed by atoms with Crippen LogP contribution in [0.4, 0.5) is 0 Å². The molecule has 1 fully saturated rings. The molecule has 1 aliphatic heterocycles. The Bertz CT molecular complexity index is 735. The standard InChI is InChI=1S/C16H20N2O5S/c1-16(2)22-9-14(23-16)8-18-15(19)11-24(20,21)10-13-5-3-12(7-17)4-6-13/h3-6,14H,8-11H2,1-2H3,(H,18,19)/t14-/m0/s1. The van der Waals surface area contributed by atoms with Crippen molar-refractivity contribution in [1.82, 2.24) is 5.32 Å². The van der Waals surface area contributed by atoms with Crippen molar-refractivity contribution in [3.8, 4) is 6.07 Å². The zero-order chi connectivity index (χ0) is 17.8. The number of carbonyl (C=O) groups is 1. The summed E-state index contributed by atoms with van der Waals surface area (Å²) in [5.41, 5.74) is 0.992. The van der Waals surface area contributed by atoms with Crippen LogP contribution in [0.5, 0.6) is 0 Å². The van der Waals surface area contributed by atoms with E-state index in [9.17, 15) is 13.2 Å². The number of hydrogen-bond donors (Lipinski definition) is 1. The normalized spacial score (nSPS) is 19.6. The Morgan fingerprint density at radius 2 is 2.04 bits per heavy atom. The topological polar surface area (TPSA) is 105 Å². The van der Waals surface area contributed by atoms with Crippen LogP contribution in [-0.4, -0.2) is 45.1 Å². The summed E-state index contributed by atoms with van der Waals surface area (Å²) in [7, 11) is -3.59. The fourth-order valence-electron chi connectivity index (χ4n) is 2.32. The van der Waals surface area contributed by atoms with Gasteiger partial charge in [-0.15, -0.1) is 0 Å². The van der Waals surface area contributed by atoms with E-state index in [4.69, 9.17) is 14.7 Å². The van der Waals surface area contributed by atoms with Crippen LogP contribution in [0.2, 0.25) is 0 Å². The molecule has 0 aliphatic carbocycles. The Labute approximate surface area is 141 Å². The first kappa shape index (κ1) is 18.4. The van der Waals surface area contributed by atoms with Crippen molar-refractivity contribution < 1.29 is 22.7 Å². The van der Waals surface area contributed by atoms with Crippen LogP contribution in [-0.2, 0) is 29.9 Å². The molecule has 1 N–H and O–H groups in total. The smallest absolute Gasteiger partial charge is 0.235 e. The highest BCUT2D eigenvalue weighted by atomic mass is 32.2. The maximum absolute atomic E-state index is 12.1. The van der Waals surface area contributed by atoms with E-state index in [-0.39, 0.29) is 18.4 Å². The third-order valence-corrected chi connectivity index (χ3v) is 4.89. The monoisotopic (exact) mass is 352 g/mol. The highest BCUT2D eigenvalue weighted by Gasteiger charge is 2.32. The second-order valence-electron chi connectivity index (χ2n) is 6.10. The van der Waals surface area contributed by atoms with Crippen molar-refractivity contribution >= 4 is 15.7 Å². The SMILES string of the molecule is CC1(C)OC[C@H](CNC(=O)CS(=O)(=O)Cc2ccc(C#N)cc2)O1. The number of nitriles is 1. The first-order valence-corrected chi connectivity index (χ1v) is 9.29. The molecule has 24 heavy (non-hydrogen) atoms. The zero-order valence-corrected chi connectivity index (χ0v) is 14.4. The molecule has 0 unspecified atom stereocenters. The fourth-order valence-corrected chi connectivity index (χ4v) is 3.63. The van der Waals surface area contributed by atoms with Crippen molar-refractivity contribution in [3.63, 3.8) is 0 Å². The predicted octanol–water partition coefficient (Wildman–Crippen LogP) is 0.741. The number of carbonyl (C=O) groups excluding carboxylic acids is 1. The molecule has 1 atom stereocenters. The van der Waals surface area contributed by atoms with Gasteiger partial charge in [-0.2, -0.15) is 5.26 Å². The molecular formula is C16H20N2O5S. The van der Waals surface area contributed by atoms with Crippen LogP contribution in [0.25, 0.3) is 0 Å². The maximum atomic E-state index is 12.1. The molecule has 0 saturated carbocycles. The molecule has 2 rings (SSSR count). The Morgan fingerprint density at radius 3 is 2.58 bits per heavy atom. The number of rotatable bonds is 6. The molecule has 1 aromatic carbocycles. The summed E-state index contributed by atoms with van der Waals surface area (Å²) in [6.45, 7) is 4.10. The Kier molecular flexibility index (Phi) is 5.59. The van der Waals surface area contributed by atoms with Gasteiger partial charge in [0.15, 0.2) is 15.6 Å². The molecule has 1 heterocycles. The summed E-state index contributed by atoms with van der Waals surface area (Å²) in [5.74, 6) is -2.10. The van der Waals surface area contributed by atoms with Crippen molar-refractivity contribution in [2.45, 2.75) is 31.5 Å². The third-order valence-electron chi connectivity index (χ3n) is 3.41. The van der Waals surface area contributed by atoms with Gasteiger partial charge in [0.25, 0.3) is 0 Å². The van der Waals surface area contributed by atoms with E-state index in [0.717, 1.165) is 0 Å². The fraction of sp³-hybridized carbons (Fsp3) is 0.500. The molecule has 0 aromatic heterocycles. The van der Waals surface area contributed by atoms with E-state index in [2.05, 4.69) is 5.32 Å². The molecule has 130 valence electrons. The molecule has 0 bridgehead atoms. The first-order valence-electron chi connectivity index (χ1n) is 7.47. The van der Waals surface area contributed by atoms with Crippen LogP contribution < -0.4 is 5.32 Å². The van der Waals surface area contributed by atoms with Crippen LogP contribution >= 0.6 is 0 Å². The van der Waals surface area contributed by atoms with Crippen molar-refractivity contribution in [3.05, 3.63) is 35.4 Å². The lowest BCUT2D eigenvalue weighted by Crippen LogP contribution is -2.37. The molecule has 1 aliphatic rings. The van der Waals surface area contributed by atoms with Gasteiger partial charge in [-0.3, -0.25) is 4.79 Å². The second kappa shape index (κ2) is 7.30. The lowest BCUT2D eigenvalue weighted by molar-refractivity contribution is -0.139. The van der Waals surface area contributed by atoms with Gasteiger partial charge in [0.05, 0.1) is 24.0 Å². The quantitative estimate of drug-likeness (QED) is 0.809. The average Bonchev–Trinajstić information content (AvgIpc) is 2.84. The minimum absolute atomic E-state index is 0.203. The molecular weight excluding hydrogens is 332 g/mol. The number of amides is 1. The number of nitrogens with zero attached hydrogens (tertiary/aromatic N) is 1. The minimum Gasteiger partial charge on any atom is -0.353 e. The summed E-state index contributed by atoms with van der Waals surface area (Å²) < 4.78 is 35.1. The van der Waals surface area contributed by atoms with Gasteiger partial charge in [0, 0.05) is 6.54 Å². The van der Waals surface area contributed by atoms with Crippen molar-refractivity contribution in [2.24, 2.45) is 0 Å². The maximum Gasteiger partial charge on any atom is 0.235 e. The van der Waals surface area contributed by atoms with E-state index >= 15 is 0 Å². The van der Waals surface area contributed by atoms with E-state index in [1.807, 2.05) is 6.07 Å². The van der Waals surface area contributed by atoms with Gasteiger partial charge in [-0.1, -0.05) is 12.1 Å². The summed E-state index contributed by atoms with van der Waals surface area (Å²) in [6.07, 6.45) is -0.287. The lowest BCUT2D eigenvalue weighted by Gasteiger charge is -2.17. The molecule has 0 radical (unpaired) electrons. The minimum atomic E-state index is -3.59. The second-order valence-corrected chi connectivity index (χ2v) is 8.16. The Balaban J connectivity index is 1.82. The van der Waals surface area contributed by atoms with Gasteiger partial charge in [-0.25, -0.2) is 8.42 Å². The molecule has 8 heteroatoms. The van der Waals surface area contributed by atoms with E-state index in [1.54, 1.807) is 38.1 Å². The summed E-state index contributed by atoms with van der Waals surface area (Å²) in [6, 6.07) is 8.19. The summed E-state index contributed by atoms with van der Waals surface area (Å²) in [5, 5.41) is 11.3. The van der Waals surface area contributed by atoms with E-state index in [0.29, 0.717) is 17.7 Å². The van der Waals surface area contributed by atoms with E-state index in [1.165, 1.54) is 0 Å². The largest absolute Gasteiger partial charge is 0.353 e. The lowest BCUT2D eigenvalue weighted by atomic mass is 10.2. The summed E-state index contributed by atoms with van der Waals surface area (Å²) in [4.78, 5) is 11.8. The molecule has 7 nitrogen and oxygen atoms in total. The predicted molar refractivity (Wildman–Crippen MR) is 86.6 cm³/mol. The van der Waals surface area contributed by atoms with Gasteiger partial charge in [0.1, 0.15) is 11.9 Å². The molecule has 1 saturated heterocycles. The van der Waals surface area contributed by atoms with Crippen LogP contribution in [0.1, 0.15) is 25.0 Å². The zero-order valence-electron chi connectivity index (χ0n) is 13.6. The highest BCUT2D eigenvalue weighted by Crippen LogP contribution is 2.21. The molecule has 1 aromatic rings. The number of benzene rings is 1. The number of sulfone groups is 1. The molecule has 0 spiro atoms. The van der Waals surface area contributed by atoms with Gasteiger partial charge >= 0.3 is 0 Å². The van der Waals surface area contributed by atoms with Crippen LogP contribution in [0.3, 0.4) is 0 Å². The van der Waals surface area contributed by atoms with Crippen LogP contribution in [0.15, 0.2) is 24.3 Å². The van der Waals surface area contributed by atoms with Crippen molar-refractivity contribution in [2.75, 3.05) is 18.9 Å². The number of nitrogens with one attached hydrogen (secondary N) is 1. The van der Waals surface area contributed by atoms with Gasteiger partial charge in [0.2, 0.25) is 5.91 Å². The van der Waals surface area contributed by atoms with E-state index < -0.39 is 27.3 Å². The number of hydrogen-bond acceptors (Lipinski definition) is 6. The first-order chi connectivity index (χ1) is 11.2. The Morgan fingerprint density at radius 1 is 1.38 bits per heavy atom. The Hall–Kier alpha value is -1.95.